The minimum atomic E-state index is -0.0743. The molecule has 0 aliphatic rings. The zero-order chi connectivity index (χ0) is 22.3. The van der Waals surface area contributed by atoms with Crippen LogP contribution in [0.15, 0.2) is 72.3 Å². The van der Waals surface area contributed by atoms with Crippen molar-refractivity contribution in [3.8, 4) is 11.8 Å². The molecule has 0 aromatic heterocycles. The van der Waals surface area contributed by atoms with Crippen LogP contribution in [0.4, 0.5) is 0 Å². The second kappa shape index (κ2) is 14.7. The highest BCUT2D eigenvalue weighted by atomic mass is 16.5. The number of allylic oxidation sites excluding steroid dienone is 1. The molecule has 0 bridgehead atoms. The van der Waals surface area contributed by atoms with Crippen molar-refractivity contribution in [2.75, 3.05) is 0 Å². The molecule has 166 valence electrons. The van der Waals surface area contributed by atoms with Gasteiger partial charge in [-0.05, 0) is 43.2 Å². The lowest BCUT2D eigenvalue weighted by atomic mass is 9.83. The van der Waals surface area contributed by atoms with Crippen molar-refractivity contribution in [3.63, 3.8) is 0 Å². The Morgan fingerprint density at radius 1 is 0.935 bits per heavy atom. The van der Waals surface area contributed by atoms with Crippen molar-refractivity contribution in [1.82, 2.24) is 0 Å². The normalized spacial score (nSPS) is 13.5. The van der Waals surface area contributed by atoms with Crippen LogP contribution in [-0.4, -0.2) is 6.10 Å². The van der Waals surface area contributed by atoms with Gasteiger partial charge in [0.15, 0.2) is 0 Å². The molecule has 1 heteroatoms. The summed E-state index contributed by atoms with van der Waals surface area (Å²) < 4.78 is 6.43. The fourth-order valence-corrected chi connectivity index (χ4v) is 3.99. The van der Waals surface area contributed by atoms with Gasteiger partial charge in [0, 0.05) is 12.3 Å². The average Bonchev–Trinajstić information content (AvgIpc) is 2.78. The molecule has 0 radical (unpaired) electrons. The highest BCUT2D eigenvalue weighted by Crippen LogP contribution is 2.27. The first-order valence-corrected chi connectivity index (χ1v) is 12.0. The Kier molecular flexibility index (Phi) is 11.8. The van der Waals surface area contributed by atoms with Crippen molar-refractivity contribution >= 4 is 0 Å². The Bertz CT molecular complexity index is 808. The maximum absolute atomic E-state index is 6.43. The highest BCUT2D eigenvalue weighted by molar-refractivity contribution is 5.20. The van der Waals surface area contributed by atoms with Gasteiger partial charge in [-0.25, -0.2) is 0 Å². The third-order valence-corrected chi connectivity index (χ3v) is 5.73. The van der Waals surface area contributed by atoms with Gasteiger partial charge < -0.3 is 4.74 Å². The van der Waals surface area contributed by atoms with Crippen molar-refractivity contribution in [3.05, 3.63) is 83.4 Å². The van der Waals surface area contributed by atoms with Crippen LogP contribution < -0.4 is 0 Å². The van der Waals surface area contributed by atoms with Crippen LogP contribution in [-0.2, 0) is 17.8 Å². The first-order valence-electron chi connectivity index (χ1n) is 12.0. The van der Waals surface area contributed by atoms with Gasteiger partial charge in [-0.3, -0.25) is 0 Å². The van der Waals surface area contributed by atoms with Gasteiger partial charge in [0.05, 0.1) is 6.61 Å². The third-order valence-electron chi connectivity index (χ3n) is 5.73. The monoisotopic (exact) mass is 416 g/mol. The lowest BCUT2D eigenvalue weighted by Gasteiger charge is -2.28. The third kappa shape index (κ3) is 9.58. The van der Waals surface area contributed by atoms with Crippen molar-refractivity contribution in [2.24, 2.45) is 11.8 Å². The Labute approximate surface area is 190 Å². The number of hydrogen-bond donors (Lipinski definition) is 0. The minimum Gasteiger partial charge on any atom is -0.360 e. The molecule has 0 saturated carbocycles. The smallest absolute Gasteiger partial charge is 0.125 e. The van der Waals surface area contributed by atoms with E-state index in [9.17, 15) is 0 Å². The summed E-state index contributed by atoms with van der Waals surface area (Å²) in [7, 11) is 0. The molecule has 0 aliphatic heterocycles. The summed E-state index contributed by atoms with van der Waals surface area (Å²) in [6.07, 6.45) is 9.05. The molecule has 2 atom stereocenters. The van der Waals surface area contributed by atoms with Crippen LogP contribution in [0.2, 0.25) is 0 Å². The van der Waals surface area contributed by atoms with Crippen LogP contribution in [0.1, 0.15) is 70.9 Å². The maximum atomic E-state index is 6.43. The highest BCUT2D eigenvalue weighted by Gasteiger charge is 2.25. The number of hydrogen-bond acceptors (Lipinski definition) is 1. The van der Waals surface area contributed by atoms with Gasteiger partial charge in [0.25, 0.3) is 0 Å². The molecule has 1 nitrogen and oxygen atoms in total. The van der Waals surface area contributed by atoms with Gasteiger partial charge in [-0.15, -0.1) is 5.92 Å². The first-order chi connectivity index (χ1) is 15.1. The quantitative estimate of drug-likeness (QED) is 0.193. The minimum absolute atomic E-state index is 0.0743. The molecule has 2 aromatic rings. The van der Waals surface area contributed by atoms with E-state index in [0.29, 0.717) is 18.4 Å². The second-order valence-electron chi connectivity index (χ2n) is 8.74. The fraction of sp³-hybridized carbons (Fsp3) is 0.467. The summed E-state index contributed by atoms with van der Waals surface area (Å²) in [6, 6.07) is 21.1. The maximum Gasteiger partial charge on any atom is 0.125 e. The van der Waals surface area contributed by atoms with Crippen LogP contribution in [0.3, 0.4) is 0 Å². The fourth-order valence-electron chi connectivity index (χ4n) is 3.99. The molecule has 0 fully saturated rings. The summed E-state index contributed by atoms with van der Waals surface area (Å²) in [6.45, 7) is 9.67. The number of benzene rings is 2. The largest absolute Gasteiger partial charge is 0.360 e. The van der Waals surface area contributed by atoms with Gasteiger partial charge in [-0.2, -0.15) is 0 Å². The molecular weight excluding hydrogens is 376 g/mol. The lowest BCUT2D eigenvalue weighted by Crippen LogP contribution is -2.28. The van der Waals surface area contributed by atoms with E-state index in [4.69, 9.17) is 4.74 Å². The van der Waals surface area contributed by atoms with E-state index >= 15 is 0 Å². The van der Waals surface area contributed by atoms with Crippen molar-refractivity contribution < 1.29 is 4.74 Å². The Hall–Kier alpha value is -2.30. The van der Waals surface area contributed by atoms with E-state index in [1.165, 1.54) is 36.0 Å². The van der Waals surface area contributed by atoms with Gasteiger partial charge in [0.1, 0.15) is 6.10 Å². The van der Waals surface area contributed by atoms with Crippen molar-refractivity contribution in [1.29, 1.82) is 0 Å². The zero-order valence-corrected chi connectivity index (χ0v) is 19.9. The molecule has 0 aliphatic carbocycles. The van der Waals surface area contributed by atoms with Gasteiger partial charge in [-0.1, -0.05) is 112 Å². The zero-order valence-electron chi connectivity index (χ0n) is 19.9. The predicted molar refractivity (Wildman–Crippen MR) is 134 cm³/mol. The topological polar surface area (TPSA) is 9.23 Å². The van der Waals surface area contributed by atoms with Crippen molar-refractivity contribution in [2.45, 2.75) is 78.9 Å². The standard InChI is InChI=1S/C30H40O/c1-5-6-7-8-15-23-29(31-24-28-20-13-10-14-21-28)30(25(2)3)26(4)17-16-22-27-18-11-9-12-19-27/h9-14,17-21,25,29-30H,5-8,16,22,24H2,1-4H3/b26-17+. The molecule has 0 saturated heterocycles. The van der Waals surface area contributed by atoms with E-state index in [1.54, 1.807) is 0 Å². The summed E-state index contributed by atoms with van der Waals surface area (Å²) in [5.41, 5.74) is 3.99. The Balaban J connectivity index is 2.10. The molecule has 0 N–H and O–H groups in total. The molecule has 2 unspecified atom stereocenters. The van der Waals surface area contributed by atoms with E-state index in [0.717, 1.165) is 19.3 Å². The molecular formula is C30H40O. The first kappa shape index (κ1) is 25.0. The van der Waals surface area contributed by atoms with Crippen LogP contribution in [0.5, 0.6) is 0 Å². The van der Waals surface area contributed by atoms with Gasteiger partial charge in [0.2, 0.25) is 0 Å². The number of aryl methyl sites for hydroxylation is 1. The second-order valence-corrected chi connectivity index (χ2v) is 8.74. The number of unbranched alkanes of at least 4 members (excludes halogenated alkanes) is 3. The number of rotatable bonds is 12. The van der Waals surface area contributed by atoms with Crippen LogP contribution in [0.25, 0.3) is 0 Å². The summed E-state index contributed by atoms with van der Waals surface area (Å²) in [5, 5.41) is 0. The molecule has 0 amide bonds. The van der Waals surface area contributed by atoms with E-state index < -0.39 is 0 Å². The number of ether oxygens (including phenoxy) is 1. The van der Waals surface area contributed by atoms with Gasteiger partial charge >= 0.3 is 0 Å². The van der Waals surface area contributed by atoms with Crippen LogP contribution in [0, 0.1) is 23.7 Å². The summed E-state index contributed by atoms with van der Waals surface area (Å²) in [5.74, 6) is 7.71. The molecule has 2 aromatic carbocycles. The summed E-state index contributed by atoms with van der Waals surface area (Å²) in [4.78, 5) is 0. The van der Waals surface area contributed by atoms with E-state index in [1.807, 2.05) is 6.07 Å². The van der Waals surface area contributed by atoms with E-state index in [2.05, 4.69) is 100 Å². The lowest BCUT2D eigenvalue weighted by molar-refractivity contribution is 0.0361. The predicted octanol–water partition coefficient (Wildman–Crippen LogP) is 8.01. The molecule has 0 spiro atoms. The van der Waals surface area contributed by atoms with E-state index in [-0.39, 0.29) is 6.10 Å². The van der Waals surface area contributed by atoms with Crippen LogP contribution >= 0.6 is 0 Å². The molecule has 31 heavy (non-hydrogen) atoms. The summed E-state index contributed by atoms with van der Waals surface area (Å²) >= 11 is 0. The Morgan fingerprint density at radius 3 is 2.19 bits per heavy atom. The average molecular weight is 417 g/mol. The SMILES string of the molecule is CCCCCC#CC(OCc1ccccc1)C(/C(C)=C/CCc1ccccc1)C(C)C. The molecule has 0 heterocycles. The Morgan fingerprint density at radius 2 is 1.58 bits per heavy atom. The molecule has 2 rings (SSSR count).